The molecule has 0 aromatic heterocycles. The SMILES string of the molecule is CCCCC(CC)COC(=O)C(C)(C)CC(CC)c1ccccc1.CC[N+](CC)(CC)CC.[Cl-]. The predicted octanol–water partition coefficient (Wildman–Crippen LogP) is 5.24. The van der Waals surface area contributed by atoms with Crippen molar-refractivity contribution in [2.75, 3.05) is 32.8 Å². The van der Waals surface area contributed by atoms with Gasteiger partial charge in [0.1, 0.15) is 0 Å². The average Bonchev–Trinajstić information content (AvgIpc) is 2.85. The quantitative estimate of drug-likeness (QED) is 0.244. The standard InChI is InChI=1S/C22H36O2.C8H20N.ClH/c1-6-9-13-18(7-2)17-24-21(23)22(4,5)16-19(8-3)20-14-11-10-12-15-20;1-5-9(6-2,7-3)8-4;/h10-12,14-15,18-19H,6-9,13,16-17H2,1-5H3;5-8H2,1-4H3;1H/q;+1;/p-1. The molecule has 0 aliphatic heterocycles. The third-order valence-electron chi connectivity index (χ3n) is 7.75. The van der Waals surface area contributed by atoms with E-state index in [0.29, 0.717) is 18.4 Å². The monoisotopic (exact) mass is 497 g/mol. The molecule has 200 valence electrons. The summed E-state index contributed by atoms with van der Waals surface area (Å²) in [6.07, 6.45) is 6.51. The fourth-order valence-electron chi connectivity index (χ4n) is 4.55. The molecule has 1 aromatic carbocycles. The Morgan fingerprint density at radius 1 is 0.882 bits per heavy atom. The van der Waals surface area contributed by atoms with E-state index in [4.69, 9.17) is 4.74 Å². The normalized spacial score (nSPS) is 13.2. The third kappa shape index (κ3) is 12.6. The van der Waals surface area contributed by atoms with Gasteiger partial charge in [-0.05, 0) is 78.2 Å². The van der Waals surface area contributed by atoms with Gasteiger partial charge in [-0.25, -0.2) is 0 Å². The van der Waals surface area contributed by atoms with Crippen LogP contribution in [0.15, 0.2) is 30.3 Å². The fraction of sp³-hybridized carbons (Fsp3) is 0.767. The molecule has 0 N–H and O–H groups in total. The highest BCUT2D eigenvalue weighted by molar-refractivity contribution is 5.76. The van der Waals surface area contributed by atoms with Crippen LogP contribution < -0.4 is 12.4 Å². The zero-order chi connectivity index (χ0) is 25.3. The zero-order valence-corrected chi connectivity index (χ0v) is 24.7. The van der Waals surface area contributed by atoms with Gasteiger partial charge in [0.15, 0.2) is 0 Å². The predicted molar refractivity (Wildman–Crippen MR) is 145 cm³/mol. The van der Waals surface area contributed by atoms with Crippen LogP contribution in [-0.4, -0.2) is 43.2 Å². The first-order valence-corrected chi connectivity index (χ1v) is 13.8. The summed E-state index contributed by atoms with van der Waals surface area (Å²) >= 11 is 0. The Morgan fingerprint density at radius 3 is 1.79 bits per heavy atom. The molecule has 0 amide bonds. The minimum atomic E-state index is -0.445. The number of hydrogen-bond acceptors (Lipinski definition) is 2. The largest absolute Gasteiger partial charge is 1.00 e. The Morgan fingerprint density at radius 2 is 1.41 bits per heavy atom. The second-order valence-corrected chi connectivity index (χ2v) is 10.2. The number of halogens is 1. The number of esters is 1. The molecule has 34 heavy (non-hydrogen) atoms. The number of benzene rings is 1. The van der Waals surface area contributed by atoms with Crippen LogP contribution in [0, 0.1) is 11.3 Å². The number of ether oxygens (including phenoxy) is 1. The highest BCUT2D eigenvalue weighted by atomic mass is 35.5. The lowest BCUT2D eigenvalue weighted by Crippen LogP contribution is -3.00. The molecule has 0 aliphatic rings. The molecular formula is C30H56ClNO2. The summed E-state index contributed by atoms with van der Waals surface area (Å²) in [5, 5.41) is 0. The summed E-state index contributed by atoms with van der Waals surface area (Å²) in [4.78, 5) is 12.6. The highest BCUT2D eigenvalue weighted by Gasteiger charge is 2.33. The van der Waals surface area contributed by atoms with Crippen LogP contribution >= 0.6 is 0 Å². The van der Waals surface area contributed by atoms with Crippen LogP contribution in [0.2, 0.25) is 0 Å². The van der Waals surface area contributed by atoms with Crippen molar-refractivity contribution in [2.45, 2.75) is 107 Å². The van der Waals surface area contributed by atoms with Crippen molar-refractivity contribution in [3.05, 3.63) is 35.9 Å². The van der Waals surface area contributed by atoms with Crippen molar-refractivity contribution < 1.29 is 26.4 Å². The molecule has 2 unspecified atom stereocenters. The molecule has 0 fully saturated rings. The third-order valence-corrected chi connectivity index (χ3v) is 7.75. The van der Waals surface area contributed by atoms with Gasteiger partial charge in [-0.15, -0.1) is 0 Å². The molecule has 1 rings (SSSR count). The van der Waals surface area contributed by atoms with Crippen molar-refractivity contribution in [3.63, 3.8) is 0 Å². The summed E-state index contributed by atoms with van der Waals surface area (Å²) in [5.74, 6) is 0.850. The van der Waals surface area contributed by atoms with Crippen LogP contribution in [0.4, 0.5) is 0 Å². The van der Waals surface area contributed by atoms with Gasteiger partial charge in [0.25, 0.3) is 0 Å². The smallest absolute Gasteiger partial charge is 0.311 e. The van der Waals surface area contributed by atoms with E-state index in [9.17, 15) is 4.79 Å². The minimum Gasteiger partial charge on any atom is -1.00 e. The first-order valence-electron chi connectivity index (χ1n) is 13.8. The van der Waals surface area contributed by atoms with Crippen molar-refractivity contribution in [3.8, 4) is 0 Å². The van der Waals surface area contributed by atoms with E-state index in [0.717, 1.165) is 25.7 Å². The van der Waals surface area contributed by atoms with Gasteiger partial charge in [-0.3, -0.25) is 4.79 Å². The van der Waals surface area contributed by atoms with E-state index in [1.54, 1.807) is 0 Å². The van der Waals surface area contributed by atoms with Gasteiger partial charge < -0.3 is 21.6 Å². The van der Waals surface area contributed by atoms with Crippen molar-refractivity contribution in [1.82, 2.24) is 0 Å². The summed E-state index contributed by atoms with van der Waals surface area (Å²) in [6, 6.07) is 10.5. The Labute approximate surface area is 219 Å². The van der Waals surface area contributed by atoms with Crippen molar-refractivity contribution in [2.24, 2.45) is 11.3 Å². The summed E-state index contributed by atoms with van der Waals surface area (Å²) in [6.45, 7) is 25.4. The van der Waals surface area contributed by atoms with Gasteiger partial charge in [0, 0.05) is 0 Å². The Hall–Kier alpha value is -1.06. The average molecular weight is 498 g/mol. The van der Waals surface area contributed by atoms with Crippen LogP contribution in [-0.2, 0) is 9.53 Å². The molecule has 0 aliphatic carbocycles. The molecule has 0 spiro atoms. The molecule has 0 radical (unpaired) electrons. The van der Waals surface area contributed by atoms with Crippen LogP contribution in [0.3, 0.4) is 0 Å². The van der Waals surface area contributed by atoms with Crippen molar-refractivity contribution >= 4 is 5.97 Å². The van der Waals surface area contributed by atoms with Crippen LogP contribution in [0.25, 0.3) is 0 Å². The molecule has 2 atom stereocenters. The lowest BCUT2D eigenvalue weighted by atomic mass is 9.79. The number of rotatable bonds is 15. The molecule has 1 aromatic rings. The lowest BCUT2D eigenvalue weighted by molar-refractivity contribution is -0.921. The number of quaternary nitrogens is 1. The van der Waals surface area contributed by atoms with E-state index in [-0.39, 0.29) is 18.4 Å². The van der Waals surface area contributed by atoms with Gasteiger partial charge in [0.2, 0.25) is 0 Å². The van der Waals surface area contributed by atoms with Crippen LogP contribution in [0.1, 0.15) is 112 Å². The topological polar surface area (TPSA) is 26.3 Å². The molecule has 3 nitrogen and oxygen atoms in total. The number of hydrogen-bond donors (Lipinski definition) is 0. The van der Waals surface area contributed by atoms with Crippen LogP contribution in [0.5, 0.6) is 0 Å². The number of carbonyl (C=O) groups is 1. The minimum absolute atomic E-state index is 0. The van der Waals surface area contributed by atoms with E-state index < -0.39 is 5.41 Å². The van der Waals surface area contributed by atoms with Crippen molar-refractivity contribution in [1.29, 1.82) is 0 Å². The first-order chi connectivity index (χ1) is 15.7. The molecule has 0 heterocycles. The van der Waals surface area contributed by atoms with E-state index in [1.807, 2.05) is 19.9 Å². The maximum absolute atomic E-state index is 12.6. The van der Waals surface area contributed by atoms with E-state index in [2.05, 4.69) is 72.7 Å². The van der Waals surface area contributed by atoms with Gasteiger partial charge in [-0.1, -0.05) is 70.4 Å². The highest BCUT2D eigenvalue weighted by Crippen LogP contribution is 2.35. The number of unbranched alkanes of at least 4 members (excludes halogenated alkanes) is 1. The summed E-state index contributed by atoms with van der Waals surface area (Å²) in [7, 11) is 0. The summed E-state index contributed by atoms with van der Waals surface area (Å²) in [5.41, 5.74) is 0.870. The van der Waals surface area contributed by atoms with Gasteiger partial charge >= 0.3 is 5.97 Å². The summed E-state index contributed by atoms with van der Waals surface area (Å²) < 4.78 is 6.98. The molecule has 0 saturated carbocycles. The van der Waals surface area contributed by atoms with E-state index >= 15 is 0 Å². The first kappa shape index (κ1) is 35.1. The fourth-order valence-corrected chi connectivity index (χ4v) is 4.55. The lowest BCUT2D eigenvalue weighted by Gasteiger charge is -2.34. The second-order valence-electron chi connectivity index (χ2n) is 10.2. The number of nitrogens with zero attached hydrogens (tertiary/aromatic N) is 1. The molecule has 0 saturated heterocycles. The zero-order valence-electron chi connectivity index (χ0n) is 24.0. The molecular weight excluding hydrogens is 442 g/mol. The maximum atomic E-state index is 12.6. The number of carbonyl (C=O) groups excluding carboxylic acids is 1. The van der Waals surface area contributed by atoms with Gasteiger partial charge in [0.05, 0.1) is 38.2 Å². The van der Waals surface area contributed by atoms with Gasteiger partial charge in [-0.2, -0.15) is 0 Å². The molecule has 4 heteroatoms. The van der Waals surface area contributed by atoms with E-state index in [1.165, 1.54) is 49.1 Å². The Balaban J connectivity index is 0. The maximum Gasteiger partial charge on any atom is 0.311 e. The second kappa shape index (κ2) is 19.2. The molecule has 0 bridgehead atoms. The Kier molecular flexibility index (Phi) is 19.8. The Bertz CT molecular complexity index is 596.